The number of carbonyl (C=O) groups is 2. The molecular weight excluding hydrogens is 310 g/mol. The van der Waals surface area contributed by atoms with Gasteiger partial charge in [-0.3, -0.25) is 9.69 Å². The first kappa shape index (κ1) is 17.9. The minimum atomic E-state index is -3.56. The molecular formula is C12H19ClF2N2O4. The van der Waals surface area contributed by atoms with Crippen molar-refractivity contribution in [3.05, 3.63) is 0 Å². The maximum atomic E-state index is 13.8. The van der Waals surface area contributed by atoms with E-state index in [4.69, 9.17) is 16.3 Å². The third-order valence-electron chi connectivity index (χ3n) is 2.75. The summed E-state index contributed by atoms with van der Waals surface area (Å²) in [4.78, 5) is 23.8. The average molecular weight is 329 g/mol. The molecule has 1 aliphatic rings. The summed E-state index contributed by atoms with van der Waals surface area (Å²) in [5.74, 6) is -4.69. The van der Waals surface area contributed by atoms with Crippen LogP contribution in [0.25, 0.3) is 0 Å². The standard InChI is InChI=1S/C12H19ClF2N2O4/c1-11(2,3)21-10(20)17-5-7(16-8(18)4-13)9(19)12(14,15)6-17/h7,9,19H,4-6H2,1-3H3,(H,16,18). The van der Waals surface area contributed by atoms with E-state index < -0.39 is 48.1 Å². The zero-order valence-electron chi connectivity index (χ0n) is 12.0. The molecule has 9 heteroatoms. The number of hydrogen-bond donors (Lipinski definition) is 2. The van der Waals surface area contributed by atoms with Crippen LogP contribution in [0, 0.1) is 0 Å². The van der Waals surface area contributed by atoms with E-state index in [-0.39, 0.29) is 6.54 Å². The fraction of sp³-hybridized carbons (Fsp3) is 0.833. The smallest absolute Gasteiger partial charge is 0.410 e. The second-order valence-electron chi connectivity index (χ2n) is 5.87. The van der Waals surface area contributed by atoms with Crippen molar-refractivity contribution in [3.63, 3.8) is 0 Å². The van der Waals surface area contributed by atoms with E-state index >= 15 is 0 Å². The van der Waals surface area contributed by atoms with Gasteiger partial charge in [0.05, 0.1) is 12.6 Å². The highest BCUT2D eigenvalue weighted by atomic mass is 35.5. The van der Waals surface area contributed by atoms with Crippen LogP contribution in [-0.2, 0) is 9.53 Å². The van der Waals surface area contributed by atoms with E-state index in [9.17, 15) is 23.5 Å². The molecule has 0 aromatic carbocycles. The summed E-state index contributed by atoms with van der Waals surface area (Å²) in [5.41, 5.74) is -0.836. The summed E-state index contributed by atoms with van der Waals surface area (Å²) < 4.78 is 32.5. The molecule has 1 heterocycles. The number of piperidine rings is 1. The normalized spacial score (nSPS) is 25.4. The molecule has 0 aliphatic carbocycles. The highest BCUT2D eigenvalue weighted by Gasteiger charge is 2.51. The Morgan fingerprint density at radius 2 is 2.05 bits per heavy atom. The largest absolute Gasteiger partial charge is 0.444 e. The van der Waals surface area contributed by atoms with Crippen LogP contribution >= 0.6 is 11.6 Å². The summed E-state index contributed by atoms with van der Waals surface area (Å²) in [5, 5.41) is 11.8. The molecule has 0 aromatic heterocycles. The molecule has 0 saturated carbocycles. The van der Waals surface area contributed by atoms with Gasteiger partial charge in [0.2, 0.25) is 5.91 Å². The van der Waals surface area contributed by atoms with E-state index in [0.717, 1.165) is 4.90 Å². The molecule has 122 valence electrons. The molecule has 1 fully saturated rings. The van der Waals surface area contributed by atoms with Crippen LogP contribution in [0.15, 0.2) is 0 Å². The van der Waals surface area contributed by atoms with E-state index in [1.54, 1.807) is 20.8 Å². The highest BCUT2D eigenvalue weighted by molar-refractivity contribution is 6.27. The molecule has 0 radical (unpaired) electrons. The zero-order valence-corrected chi connectivity index (χ0v) is 12.8. The van der Waals surface area contributed by atoms with Gasteiger partial charge in [-0.15, -0.1) is 11.6 Å². The first-order valence-corrected chi connectivity index (χ1v) is 6.89. The Kier molecular flexibility index (Phi) is 5.38. The minimum Gasteiger partial charge on any atom is -0.444 e. The number of rotatable bonds is 2. The Labute approximate surface area is 126 Å². The Balaban J connectivity index is 2.84. The molecule has 2 atom stereocenters. The number of aliphatic hydroxyl groups is 1. The van der Waals surface area contributed by atoms with Crippen LogP contribution in [0.4, 0.5) is 13.6 Å². The third kappa shape index (κ3) is 4.96. The number of nitrogens with zero attached hydrogens (tertiary/aromatic N) is 1. The van der Waals surface area contributed by atoms with Crippen molar-refractivity contribution >= 4 is 23.6 Å². The summed E-state index contributed by atoms with van der Waals surface area (Å²) in [7, 11) is 0. The predicted octanol–water partition coefficient (Wildman–Crippen LogP) is 0.957. The number of carbonyl (C=O) groups excluding carboxylic acids is 2. The van der Waals surface area contributed by atoms with Gasteiger partial charge in [0.15, 0.2) is 0 Å². The van der Waals surface area contributed by atoms with Gasteiger partial charge in [0.1, 0.15) is 17.6 Å². The van der Waals surface area contributed by atoms with E-state index in [1.807, 2.05) is 0 Å². The van der Waals surface area contributed by atoms with E-state index in [1.165, 1.54) is 0 Å². The lowest BCUT2D eigenvalue weighted by Crippen LogP contribution is -2.65. The minimum absolute atomic E-state index is 0.283. The monoisotopic (exact) mass is 328 g/mol. The van der Waals surface area contributed by atoms with Crippen LogP contribution in [0.3, 0.4) is 0 Å². The summed E-state index contributed by atoms with van der Waals surface area (Å²) >= 11 is 5.29. The topological polar surface area (TPSA) is 78.9 Å². The Morgan fingerprint density at radius 1 is 1.48 bits per heavy atom. The average Bonchev–Trinajstić information content (AvgIpc) is 2.32. The lowest BCUT2D eigenvalue weighted by molar-refractivity contribution is -0.162. The summed E-state index contributed by atoms with van der Waals surface area (Å²) in [6, 6.07) is -1.31. The van der Waals surface area contributed by atoms with E-state index in [2.05, 4.69) is 5.32 Å². The Morgan fingerprint density at radius 3 is 2.52 bits per heavy atom. The summed E-state index contributed by atoms with van der Waals surface area (Å²) in [6.07, 6.45) is -3.03. The number of amides is 2. The molecule has 2 unspecified atom stereocenters. The van der Waals surface area contributed by atoms with Crippen molar-refractivity contribution in [1.29, 1.82) is 0 Å². The fourth-order valence-electron chi connectivity index (χ4n) is 1.88. The van der Waals surface area contributed by atoms with Crippen LogP contribution in [0.1, 0.15) is 20.8 Å². The van der Waals surface area contributed by atoms with Crippen LogP contribution in [-0.4, -0.2) is 64.6 Å². The van der Waals surface area contributed by atoms with Crippen molar-refractivity contribution in [2.24, 2.45) is 0 Å². The number of aliphatic hydroxyl groups excluding tert-OH is 1. The van der Waals surface area contributed by atoms with Crippen molar-refractivity contribution in [2.45, 2.75) is 44.4 Å². The number of halogens is 3. The van der Waals surface area contributed by atoms with Crippen LogP contribution in [0.5, 0.6) is 0 Å². The number of likely N-dealkylation sites (tertiary alicyclic amines) is 1. The molecule has 0 spiro atoms. The van der Waals surface area contributed by atoms with E-state index in [0.29, 0.717) is 0 Å². The Bertz CT molecular complexity index is 415. The van der Waals surface area contributed by atoms with Crippen molar-refractivity contribution in [3.8, 4) is 0 Å². The quantitative estimate of drug-likeness (QED) is 0.740. The molecule has 21 heavy (non-hydrogen) atoms. The van der Waals surface area contributed by atoms with Gasteiger partial charge in [-0.2, -0.15) is 0 Å². The molecule has 0 aromatic rings. The van der Waals surface area contributed by atoms with Gasteiger partial charge in [-0.1, -0.05) is 0 Å². The van der Waals surface area contributed by atoms with Gasteiger partial charge in [0.25, 0.3) is 5.92 Å². The molecule has 0 bridgehead atoms. The lowest BCUT2D eigenvalue weighted by Gasteiger charge is -2.41. The van der Waals surface area contributed by atoms with Gasteiger partial charge in [0, 0.05) is 6.54 Å². The van der Waals surface area contributed by atoms with Gasteiger partial charge >= 0.3 is 6.09 Å². The second kappa shape index (κ2) is 6.31. The molecule has 2 amide bonds. The number of nitrogens with one attached hydrogen (secondary N) is 1. The number of hydrogen-bond acceptors (Lipinski definition) is 4. The predicted molar refractivity (Wildman–Crippen MR) is 71.4 cm³/mol. The van der Waals surface area contributed by atoms with Crippen molar-refractivity contribution in [2.75, 3.05) is 19.0 Å². The lowest BCUT2D eigenvalue weighted by atomic mass is 9.98. The first-order valence-electron chi connectivity index (χ1n) is 6.35. The maximum Gasteiger partial charge on any atom is 0.410 e. The molecule has 1 saturated heterocycles. The highest BCUT2D eigenvalue weighted by Crippen LogP contribution is 2.28. The second-order valence-corrected chi connectivity index (χ2v) is 6.14. The molecule has 1 rings (SSSR count). The zero-order chi connectivity index (χ0) is 16.4. The fourth-order valence-corrected chi connectivity index (χ4v) is 1.96. The Hall–Kier alpha value is -1.15. The van der Waals surface area contributed by atoms with Crippen LogP contribution < -0.4 is 5.32 Å². The number of alkyl halides is 3. The van der Waals surface area contributed by atoms with Gasteiger partial charge in [-0.25, -0.2) is 13.6 Å². The molecule has 2 N–H and O–H groups in total. The maximum absolute atomic E-state index is 13.8. The molecule has 6 nitrogen and oxygen atoms in total. The summed E-state index contributed by atoms with van der Waals surface area (Å²) in [6.45, 7) is 3.56. The van der Waals surface area contributed by atoms with Gasteiger partial charge < -0.3 is 15.2 Å². The molecule has 1 aliphatic heterocycles. The third-order valence-corrected chi connectivity index (χ3v) is 2.99. The van der Waals surface area contributed by atoms with Crippen molar-refractivity contribution < 1.29 is 28.2 Å². The van der Waals surface area contributed by atoms with Crippen molar-refractivity contribution in [1.82, 2.24) is 10.2 Å². The SMILES string of the molecule is CC(C)(C)OC(=O)N1CC(NC(=O)CCl)C(O)C(F)(F)C1. The van der Waals surface area contributed by atoms with Gasteiger partial charge in [-0.05, 0) is 20.8 Å². The first-order chi connectivity index (χ1) is 9.46. The van der Waals surface area contributed by atoms with Crippen LogP contribution in [0.2, 0.25) is 0 Å². The number of ether oxygens (including phenoxy) is 1.